The molecular formula is C5H13ClN4O. The zero-order valence-corrected chi connectivity index (χ0v) is 7.14. The first kappa shape index (κ1) is 12.8. The van der Waals surface area contributed by atoms with Gasteiger partial charge in [-0.05, 0) is 6.92 Å². The highest BCUT2D eigenvalue weighted by molar-refractivity contribution is 5.85. The first-order chi connectivity index (χ1) is 4.66. The average Bonchev–Trinajstić information content (AvgIpc) is 1.85. The molecule has 0 aliphatic carbocycles. The van der Waals surface area contributed by atoms with Gasteiger partial charge in [0, 0.05) is 18.7 Å². The predicted octanol–water partition coefficient (Wildman–Crippen LogP) is -0.560. The minimum atomic E-state index is -0.0720. The van der Waals surface area contributed by atoms with E-state index in [1.807, 2.05) is 0 Å². The monoisotopic (exact) mass is 180 g/mol. The molecule has 0 aromatic heterocycles. The minimum Gasteiger partial charge on any atom is -0.396 e. The van der Waals surface area contributed by atoms with Crippen LogP contribution in [-0.2, 0) is 0 Å². The molecule has 0 radical (unpaired) electrons. The van der Waals surface area contributed by atoms with E-state index < -0.39 is 0 Å². The van der Waals surface area contributed by atoms with E-state index in [2.05, 4.69) is 10.2 Å². The summed E-state index contributed by atoms with van der Waals surface area (Å²) in [5, 5.41) is 15.4. The second-order valence-corrected chi connectivity index (χ2v) is 1.83. The van der Waals surface area contributed by atoms with E-state index >= 15 is 0 Å². The van der Waals surface area contributed by atoms with Crippen molar-refractivity contribution in [1.82, 2.24) is 0 Å². The van der Waals surface area contributed by atoms with Gasteiger partial charge in [0.2, 0.25) is 5.96 Å². The first-order valence-corrected chi connectivity index (χ1v) is 2.89. The summed E-state index contributed by atoms with van der Waals surface area (Å²) in [5.41, 5.74) is 10.7. The molecule has 0 aliphatic heterocycles. The number of rotatable bonds is 3. The van der Waals surface area contributed by atoms with Gasteiger partial charge in [0.1, 0.15) is 0 Å². The van der Waals surface area contributed by atoms with Gasteiger partial charge in [-0.1, -0.05) is 0 Å². The summed E-state index contributed by atoms with van der Waals surface area (Å²) in [4.78, 5) is 0. The maximum atomic E-state index is 8.41. The van der Waals surface area contributed by atoms with E-state index in [1.54, 1.807) is 6.92 Å². The maximum absolute atomic E-state index is 8.41. The quantitative estimate of drug-likeness (QED) is 0.309. The lowest BCUT2D eigenvalue weighted by Gasteiger charge is -1.91. The fourth-order valence-corrected chi connectivity index (χ4v) is 0.355. The third-order valence-electron chi connectivity index (χ3n) is 0.810. The van der Waals surface area contributed by atoms with Crippen molar-refractivity contribution in [3.8, 4) is 0 Å². The summed E-state index contributed by atoms with van der Waals surface area (Å²) < 4.78 is 0. The molecule has 0 atom stereocenters. The van der Waals surface area contributed by atoms with E-state index in [0.717, 1.165) is 0 Å². The molecule has 5 nitrogen and oxygen atoms in total. The molecule has 11 heavy (non-hydrogen) atoms. The summed E-state index contributed by atoms with van der Waals surface area (Å²) in [7, 11) is 0. The third-order valence-corrected chi connectivity index (χ3v) is 0.810. The number of hydrogen-bond acceptors (Lipinski definition) is 3. The number of guanidine groups is 1. The Morgan fingerprint density at radius 3 is 2.27 bits per heavy atom. The number of hydrogen-bond donors (Lipinski definition) is 3. The summed E-state index contributed by atoms with van der Waals surface area (Å²) in [6, 6.07) is 0. The third kappa shape index (κ3) is 9.19. The Labute approximate surface area is 71.6 Å². The Morgan fingerprint density at radius 1 is 1.36 bits per heavy atom. The van der Waals surface area contributed by atoms with Crippen LogP contribution >= 0.6 is 12.4 Å². The standard InChI is InChI=1S/C5H12N4O.ClH/c1-4(2-3-10)8-9-5(6)7;/h10H,2-3H2,1H3,(H4,6,7,9);1H/b8-4-;. The predicted molar refractivity (Wildman–Crippen MR) is 47.9 cm³/mol. The van der Waals surface area contributed by atoms with Crippen LogP contribution in [-0.4, -0.2) is 23.4 Å². The van der Waals surface area contributed by atoms with Crippen LogP contribution in [0.15, 0.2) is 10.2 Å². The molecule has 0 aliphatic rings. The number of nitrogens with zero attached hydrogens (tertiary/aromatic N) is 2. The van der Waals surface area contributed by atoms with Gasteiger partial charge in [-0.3, -0.25) is 0 Å². The maximum Gasteiger partial charge on any atom is 0.211 e. The van der Waals surface area contributed by atoms with Crippen LogP contribution in [0.1, 0.15) is 13.3 Å². The Balaban J connectivity index is 0. The number of nitrogens with two attached hydrogens (primary N) is 2. The van der Waals surface area contributed by atoms with E-state index in [9.17, 15) is 0 Å². The fraction of sp³-hybridized carbons (Fsp3) is 0.600. The average molecular weight is 181 g/mol. The topological polar surface area (TPSA) is 97.0 Å². The van der Waals surface area contributed by atoms with E-state index in [0.29, 0.717) is 12.1 Å². The van der Waals surface area contributed by atoms with E-state index in [4.69, 9.17) is 16.6 Å². The summed E-state index contributed by atoms with van der Waals surface area (Å²) in [6.45, 7) is 1.80. The summed E-state index contributed by atoms with van der Waals surface area (Å²) in [5.74, 6) is -0.0720. The van der Waals surface area contributed by atoms with Crippen molar-refractivity contribution in [2.45, 2.75) is 13.3 Å². The van der Waals surface area contributed by atoms with Crippen molar-refractivity contribution < 1.29 is 5.11 Å². The van der Waals surface area contributed by atoms with Crippen molar-refractivity contribution in [3.63, 3.8) is 0 Å². The van der Waals surface area contributed by atoms with Gasteiger partial charge in [0.25, 0.3) is 0 Å². The molecule has 0 saturated carbocycles. The van der Waals surface area contributed by atoms with Gasteiger partial charge in [0.15, 0.2) is 0 Å². The van der Waals surface area contributed by atoms with Crippen molar-refractivity contribution in [2.24, 2.45) is 21.7 Å². The van der Waals surface area contributed by atoms with Crippen molar-refractivity contribution >= 4 is 24.1 Å². The number of aliphatic hydroxyl groups is 1. The zero-order valence-electron chi connectivity index (χ0n) is 6.32. The molecule has 0 aromatic carbocycles. The molecule has 6 heteroatoms. The zero-order chi connectivity index (χ0) is 7.98. The van der Waals surface area contributed by atoms with Crippen LogP contribution in [0, 0.1) is 0 Å². The molecule has 0 bridgehead atoms. The van der Waals surface area contributed by atoms with Crippen molar-refractivity contribution in [2.75, 3.05) is 6.61 Å². The van der Waals surface area contributed by atoms with Crippen LogP contribution in [0.3, 0.4) is 0 Å². The van der Waals surface area contributed by atoms with Gasteiger partial charge in [-0.15, -0.1) is 17.5 Å². The van der Waals surface area contributed by atoms with Gasteiger partial charge in [0.05, 0.1) is 0 Å². The summed E-state index contributed by atoms with van der Waals surface area (Å²) >= 11 is 0. The Hall–Kier alpha value is -0.810. The van der Waals surface area contributed by atoms with Gasteiger partial charge in [-0.25, -0.2) is 0 Å². The molecule has 0 saturated heterocycles. The van der Waals surface area contributed by atoms with Crippen LogP contribution in [0.5, 0.6) is 0 Å². The smallest absolute Gasteiger partial charge is 0.211 e. The second-order valence-electron chi connectivity index (χ2n) is 1.83. The molecule has 0 spiro atoms. The molecule has 66 valence electrons. The highest BCUT2D eigenvalue weighted by Gasteiger charge is 1.87. The lowest BCUT2D eigenvalue weighted by Crippen LogP contribution is -2.22. The SMILES string of the molecule is C/C(CCO)=N/N=C(N)N.Cl. The van der Waals surface area contributed by atoms with Crippen LogP contribution in [0.4, 0.5) is 0 Å². The summed E-state index contributed by atoms with van der Waals surface area (Å²) in [6.07, 6.45) is 0.497. The minimum absolute atomic E-state index is 0. The first-order valence-electron chi connectivity index (χ1n) is 2.89. The number of halogens is 1. The van der Waals surface area contributed by atoms with Crippen LogP contribution in [0.25, 0.3) is 0 Å². The Morgan fingerprint density at radius 2 is 1.91 bits per heavy atom. The lowest BCUT2D eigenvalue weighted by atomic mass is 10.3. The van der Waals surface area contributed by atoms with Gasteiger partial charge < -0.3 is 16.6 Å². The normalized spacial score (nSPS) is 10.2. The molecule has 0 rings (SSSR count). The molecule has 0 heterocycles. The molecule has 5 N–H and O–H groups in total. The molecule has 0 fully saturated rings. The van der Waals surface area contributed by atoms with Gasteiger partial charge >= 0.3 is 0 Å². The lowest BCUT2D eigenvalue weighted by molar-refractivity contribution is 0.307. The highest BCUT2D eigenvalue weighted by atomic mass is 35.5. The Bertz CT molecular complexity index is 153. The number of aliphatic hydroxyl groups excluding tert-OH is 1. The fourth-order valence-electron chi connectivity index (χ4n) is 0.355. The van der Waals surface area contributed by atoms with E-state index in [1.165, 1.54) is 0 Å². The molecule has 0 aromatic rings. The van der Waals surface area contributed by atoms with Crippen LogP contribution < -0.4 is 11.5 Å². The van der Waals surface area contributed by atoms with Crippen LogP contribution in [0.2, 0.25) is 0 Å². The molecule has 0 unspecified atom stereocenters. The largest absolute Gasteiger partial charge is 0.396 e. The Kier molecular flexibility index (Phi) is 8.51. The second kappa shape index (κ2) is 7.30. The van der Waals surface area contributed by atoms with Gasteiger partial charge in [-0.2, -0.15) is 5.10 Å². The van der Waals surface area contributed by atoms with Crippen molar-refractivity contribution in [3.05, 3.63) is 0 Å². The molecule has 0 amide bonds. The van der Waals surface area contributed by atoms with E-state index in [-0.39, 0.29) is 25.0 Å². The molecular weight excluding hydrogens is 168 g/mol. The van der Waals surface area contributed by atoms with Crippen molar-refractivity contribution in [1.29, 1.82) is 0 Å². The highest BCUT2D eigenvalue weighted by Crippen LogP contribution is 1.84.